The van der Waals surface area contributed by atoms with Gasteiger partial charge in [0.1, 0.15) is 12.4 Å². The van der Waals surface area contributed by atoms with Gasteiger partial charge in [0.2, 0.25) is 0 Å². The summed E-state index contributed by atoms with van der Waals surface area (Å²) in [5.74, 6) is 0.639. The highest BCUT2D eigenvalue weighted by molar-refractivity contribution is 6.61. The predicted octanol–water partition coefficient (Wildman–Crippen LogP) is 1.92. The molecule has 0 unspecified atom stereocenters. The highest BCUT2D eigenvalue weighted by Crippen LogP contribution is 2.20. The summed E-state index contributed by atoms with van der Waals surface area (Å²) < 4.78 is 16.4. The lowest BCUT2D eigenvalue weighted by molar-refractivity contribution is -0.385. The van der Waals surface area contributed by atoms with Crippen LogP contribution in [-0.4, -0.2) is 25.3 Å². The number of benzene rings is 2. The van der Waals surface area contributed by atoms with E-state index in [-0.39, 0.29) is 19.4 Å². The lowest BCUT2D eigenvalue weighted by atomic mass is 9.79. The van der Waals surface area contributed by atoms with Crippen LogP contribution in [0.1, 0.15) is 5.56 Å². The molecule has 112 valence electrons. The van der Waals surface area contributed by atoms with Crippen molar-refractivity contribution in [3.63, 3.8) is 0 Å². The summed E-state index contributed by atoms with van der Waals surface area (Å²) in [5, 5.41) is 10.9. The lowest BCUT2D eigenvalue weighted by Crippen LogP contribution is -2.31. The van der Waals surface area contributed by atoms with Crippen molar-refractivity contribution in [3.05, 3.63) is 64.2 Å². The second-order valence-electron chi connectivity index (χ2n) is 4.82. The summed E-state index contributed by atoms with van der Waals surface area (Å²) in [7, 11) is -0.315. The Morgan fingerprint density at radius 2 is 1.77 bits per heavy atom. The van der Waals surface area contributed by atoms with E-state index in [4.69, 9.17) is 14.0 Å². The maximum absolute atomic E-state index is 10.9. The average Bonchev–Trinajstić information content (AvgIpc) is 3.08. The van der Waals surface area contributed by atoms with Gasteiger partial charge in [0.05, 0.1) is 23.7 Å². The van der Waals surface area contributed by atoms with Crippen LogP contribution in [0.15, 0.2) is 48.5 Å². The molecule has 2 aromatic carbocycles. The topological polar surface area (TPSA) is 70.8 Å². The Hall–Kier alpha value is -2.38. The normalized spacial score (nSPS) is 14.1. The number of hydrogen-bond donors (Lipinski definition) is 0. The van der Waals surface area contributed by atoms with Gasteiger partial charge in [-0.05, 0) is 23.7 Å². The smallest absolute Gasteiger partial charge is 0.489 e. The van der Waals surface area contributed by atoms with E-state index >= 15 is 0 Å². The fourth-order valence-electron chi connectivity index (χ4n) is 2.24. The van der Waals surface area contributed by atoms with Crippen LogP contribution in [0.25, 0.3) is 0 Å². The van der Waals surface area contributed by atoms with Gasteiger partial charge in [-0.3, -0.25) is 10.1 Å². The largest absolute Gasteiger partial charge is 0.494 e. The van der Waals surface area contributed by atoms with E-state index in [9.17, 15) is 10.1 Å². The second-order valence-corrected chi connectivity index (χ2v) is 4.82. The molecule has 22 heavy (non-hydrogen) atoms. The third-order valence-corrected chi connectivity index (χ3v) is 3.36. The molecule has 1 aliphatic heterocycles. The van der Waals surface area contributed by atoms with Gasteiger partial charge in [-0.25, -0.2) is 0 Å². The lowest BCUT2D eigenvalue weighted by Gasteiger charge is -2.08. The molecule has 0 aliphatic carbocycles. The highest BCUT2D eigenvalue weighted by Gasteiger charge is 2.25. The molecule has 1 heterocycles. The van der Waals surface area contributed by atoms with Crippen molar-refractivity contribution in [3.8, 4) is 5.75 Å². The van der Waals surface area contributed by atoms with Crippen molar-refractivity contribution in [1.82, 2.24) is 0 Å². The molecule has 0 spiro atoms. The summed E-state index contributed by atoms with van der Waals surface area (Å²) in [6, 6.07) is 13.9. The van der Waals surface area contributed by atoms with Crippen LogP contribution in [0.2, 0.25) is 0 Å². The minimum absolute atomic E-state index is 0.0619. The number of nitro benzene ring substituents is 1. The van der Waals surface area contributed by atoms with Crippen molar-refractivity contribution >= 4 is 18.3 Å². The van der Waals surface area contributed by atoms with Gasteiger partial charge in [0, 0.05) is 6.07 Å². The SMILES string of the molecule is O=[N+]([O-])c1ccccc1COc1ccc(B2OCCO2)cc1. The van der Waals surface area contributed by atoms with E-state index in [0.29, 0.717) is 24.5 Å². The zero-order valence-corrected chi connectivity index (χ0v) is 11.8. The van der Waals surface area contributed by atoms with E-state index < -0.39 is 4.92 Å². The van der Waals surface area contributed by atoms with Crippen LogP contribution in [0.3, 0.4) is 0 Å². The van der Waals surface area contributed by atoms with Crippen LogP contribution in [-0.2, 0) is 15.9 Å². The van der Waals surface area contributed by atoms with E-state index in [2.05, 4.69) is 0 Å². The molecule has 3 rings (SSSR count). The fourth-order valence-corrected chi connectivity index (χ4v) is 2.24. The van der Waals surface area contributed by atoms with E-state index in [1.54, 1.807) is 30.3 Å². The van der Waals surface area contributed by atoms with Gasteiger partial charge in [-0.15, -0.1) is 0 Å². The molecule has 0 aromatic heterocycles. The molecule has 1 fully saturated rings. The molecule has 0 saturated carbocycles. The summed E-state index contributed by atoms with van der Waals surface area (Å²) in [6.07, 6.45) is 0. The minimum atomic E-state index is -0.406. The Kier molecular flexibility index (Phi) is 4.36. The van der Waals surface area contributed by atoms with Gasteiger partial charge in [-0.2, -0.15) is 0 Å². The molecular weight excluding hydrogens is 285 g/mol. The molecule has 0 bridgehead atoms. The van der Waals surface area contributed by atoms with Crippen molar-refractivity contribution in [2.45, 2.75) is 6.61 Å². The summed E-state index contributed by atoms with van der Waals surface area (Å²) >= 11 is 0. The zero-order chi connectivity index (χ0) is 15.4. The number of ether oxygens (including phenoxy) is 1. The van der Waals surface area contributed by atoms with Gasteiger partial charge in [0.25, 0.3) is 5.69 Å². The van der Waals surface area contributed by atoms with Gasteiger partial charge in [-0.1, -0.05) is 24.3 Å². The van der Waals surface area contributed by atoms with Crippen molar-refractivity contribution in [1.29, 1.82) is 0 Å². The summed E-state index contributed by atoms with van der Waals surface area (Å²) in [6.45, 7) is 1.34. The molecule has 0 amide bonds. The van der Waals surface area contributed by atoms with Crippen molar-refractivity contribution < 1.29 is 19.0 Å². The molecule has 6 nitrogen and oxygen atoms in total. The number of hydrogen-bond acceptors (Lipinski definition) is 5. The molecule has 2 aromatic rings. The number of para-hydroxylation sites is 1. The maximum atomic E-state index is 10.9. The molecular formula is C15H14BNO5. The standard InChI is InChI=1S/C15H14BNO5/c18-17(19)15-4-2-1-3-12(15)11-20-14-7-5-13(6-8-14)16-21-9-10-22-16/h1-8H,9-11H2. The van der Waals surface area contributed by atoms with Crippen LogP contribution < -0.4 is 10.2 Å². The molecule has 1 aliphatic rings. The van der Waals surface area contributed by atoms with Gasteiger partial charge >= 0.3 is 7.12 Å². The van der Waals surface area contributed by atoms with Crippen LogP contribution in [0, 0.1) is 10.1 Å². The molecule has 0 N–H and O–H groups in total. The first-order valence-electron chi connectivity index (χ1n) is 6.92. The van der Waals surface area contributed by atoms with Gasteiger partial charge < -0.3 is 14.0 Å². The Morgan fingerprint density at radius 1 is 1.09 bits per heavy atom. The fraction of sp³-hybridized carbons (Fsp3) is 0.200. The van der Waals surface area contributed by atoms with Crippen LogP contribution in [0.4, 0.5) is 5.69 Å². The van der Waals surface area contributed by atoms with Crippen LogP contribution >= 0.6 is 0 Å². The van der Waals surface area contributed by atoms with Crippen molar-refractivity contribution in [2.75, 3.05) is 13.2 Å². The number of rotatable bonds is 5. The summed E-state index contributed by atoms with van der Waals surface area (Å²) in [4.78, 5) is 10.5. The average molecular weight is 299 g/mol. The monoisotopic (exact) mass is 299 g/mol. The first kappa shape index (κ1) is 14.6. The molecule has 1 saturated heterocycles. The first-order valence-corrected chi connectivity index (χ1v) is 6.92. The second kappa shape index (κ2) is 6.59. The molecule has 0 atom stereocenters. The Labute approximate surface area is 127 Å². The molecule has 7 heteroatoms. The summed E-state index contributed by atoms with van der Waals surface area (Å²) in [5.41, 5.74) is 1.53. The first-order chi connectivity index (χ1) is 10.7. The predicted molar refractivity (Wildman–Crippen MR) is 81.2 cm³/mol. The van der Waals surface area contributed by atoms with Crippen molar-refractivity contribution in [2.24, 2.45) is 0 Å². The third-order valence-electron chi connectivity index (χ3n) is 3.36. The van der Waals surface area contributed by atoms with E-state index in [1.807, 2.05) is 12.1 Å². The zero-order valence-electron chi connectivity index (χ0n) is 11.8. The Bertz CT molecular complexity index is 655. The Balaban J connectivity index is 1.65. The number of nitro groups is 1. The number of nitrogens with zero attached hydrogens (tertiary/aromatic N) is 1. The maximum Gasteiger partial charge on any atom is 0.494 e. The van der Waals surface area contributed by atoms with E-state index in [1.165, 1.54) is 6.07 Å². The Morgan fingerprint density at radius 3 is 2.45 bits per heavy atom. The molecule has 0 radical (unpaired) electrons. The highest BCUT2D eigenvalue weighted by atomic mass is 16.6. The third kappa shape index (κ3) is 3.27. The van der Waals surface area contributed by atoms with E-state index in [0.717, 1.165) is 5.46 Å². The van der Waals surface area contributed by atoms with Gasteiger partial charge in [0.15, 0.2) is 0 Å². The quantitative estimate of drug-likeness (QED) is 0.479. The van der Waals surface area contributed by atoms with Crippen LogP contribution in [0.5, 0.6) is 5.75 Å². The minimum Gasteiger partial charge on any atom is -0.489 e.